The Morgan fingerprint density at radius 3 is 2.87 bits per heavy atom. The fraction of sp³-hybridized carbons (Fsp3) is 0.529. The zero-order valence-electron chi connectivity index (χ0n) is 13.2. The standard InChI is InChI=1S/C17H20N4O2/c1-20(17(12-18)6-4-7-17)16(23)13-9-15(22)21(10-13)11-14-5-2-3-8-19-14/h2-3,5,8,13H,4,6-7,9-11H2,1H3. The molecule has 0 aromatic carbocycles. The van der Waals surface area contributed by atoms with Gasteiger partial charge in [-0.15, -0.1) is 0 Å². The quantitative estimate of drug-likeness (QED) is 0.840. The minimum absolute atomic E-state index is 0.0259. The van der Waals surface area contributed by atoms with E-state index in [0.717, 1.165) is 25.0 Å². The number of carbonyl (C=O) groups excluding carboxylic acids is 2. The van der Waals surface area contributed by atoms with E-state index in [1.165, 1.54) is 0 Å². The first-order valence-corrected chi connectivity index (χ1v) is 7.92. The number of aromatic nitrogens is 1. The highest BCUT2D eigenvalue weighted by atomic mass is 16.2. The summed E-state index contributed by atoms with van der Waals surface area (Å²) < 4.78 is 0. The average molecular weight is 312 g/mol. The van der Waals surface area contributed by atoms with Crippen molar-refractivity contribution in [2.75, 3.05) is 13.6 Å². The maximum Gasteiger partial charge on any atom is 0.229 e. The lowest BCUT2D eigenvalue weighted by Gasteiger charge is -2.43. The molecule has 2 aliphatic rings. The van der Waals surface area contributed by atoms with Crippen LogP contribution in [0.1, 0.15) is 31.4 Å². The van der Waals surface area contributed by atoms with E-state index in [9.17, 15) is 14.9 Å². The van der Waals surface area contributed by atoms with Gasteiger partial charge in [-0.1, -0.05) is 6.07 Å². The van der Waals surface area contributed by atoms with Gasteiger partial charge in [0.15, 0.2) is 0 Å². The maximum atomic E-state index is 12.7. The van der Waals surface area contributed by atoms with Crippen LogP contribution in [0.3, 0.4) is 0 Å². The molecular formula is C17H20N4O2. The van der Waals surface area contributed by atoms with E-state index in [4.69, 9.17) is 0 Å². The summed E-state index contributed by atoms with van der Waals surface area (Å²) in [4.78, 5) is 32.3. The third-order valence-electron chi connectivity index (χ3n) is 5.00. The Kier molecular flexibility index (Phi) is 4.03. The Balaban J connectivity index is 1.65. The molecule has 0 spiro atoms. The Hall–Kier alpha value is -2.42. The zero-order valence-corrected chi connectivity index (χ0v) is 13.2. The van der Waals surface area contributed by atoms with Gasteiger partial charge < -0.3 is 9.80 Å². The van der Waals surface area contributed by atoms with Gasteiger partial charge in [-0.3, -0.25) is 14.6 Å². The Morgan fingerprint density at radius 1 is 1.52 bits per heavy atom. The topological polar surface area (TPSA) is 77.3 Å². The predicted octanol–water partition coefficient (Wildman–Crippen LogP) is 1.33. The van der Waals surface area contributed by atoms with Gasteiger partial charge >= 0.3 is 0 Å². The summed E-state index contributed by atoms with van der Waals surface area (Å²) in [7, 11) is 1.69. The SMILES string of the molecule is CN(C(=O)C1CC(=O)N(Cc2ccccn2)C1)C1(C#N)CCC1. The van der Waals surface area contributed by atoms with E-state index in [0.29, 0.717) is 13.1 Å². The third-order valence-corrected chi connectivity index (χ3v) is 5.00. The number of hydrogen-bond acceptors (Lipinski definition) is 4. The van der Waals surface area contributed by atoms with Gasteiger partial charge in [0.25, 0.3) is 0 Å². The van der Waals surface area contributed by atoms with Gasteiger partial charge in [0.05, 0.1) is 24.2 Å². The first kappa shape index (κ1) is 15.5. The van der Waals surface area contributed by atoms with Crippen LogP contribution in [0.2, 0.25) is 0 Å². The Bertz CT molecular complexity index is 648. The molecule has 1 unspecified atom stereocenters. The van der Waals surface area contributed by atoms with E-state index in [-0.39, 0.29) is 24.2 Å². The fourth-order valence-corrected chi connectivity index (χ4v) is 3.30. The van der Waals surface area contributed by atoms with E-state index in [1.54, 1.807) is 23.0 Å². The molecule has 2 fully saturated rings. The van der Waals surface area contributed by atoms with Crippen LogP contribution in [0.4, 0.5) is 0 Å². The van der Waals surface area contributed by atoms with E-state index in [1.807, 2.05) is 18.2 Å². The predicted molar refractivity (Wildman–Crippen MR) is 82.7 cm³/mol. The summed E-state index contributed by atoms with van der Waals surface area (Å²) in [5.41, 5.74) is 0.156. The molecule has 0 bridgehead atoms. The second-order valence-corrected chi connectivity index (χ2v) is 6.39. The number of carbonyl (C=O) groups is 2. The molecule has 3 rings (SSSR count). The largest absolute Gasteiger partial charge is 0.336 e. The molecule has 2 amide bonds. The number of pyridine rings is 1. The number of rotatable bonds is 4. The summed E-state index contributed by atoms with van der Waals surface area (Å²) in [5, 5.41) is 9.37. The van der Waals surface area contributed by atoms with Crippen LogP contribution in [0.25, 0.3) is 0 Å². The van der Waals surface area contributed by atoms with Crippen molar-refractivity contribution in [3.05, 3.63) is 30.1 Å². The van der Waals surface area contributed by atoms with Crippen molar-refractivity contribution in [3.8, 4) is 6.07 Å². The Morgan fingerprint density at radius 2 is 2.30 bits per heavy atom. The molecule has 23 heavy (non-hydrogen) atoms. The van der Waals surface area contributed by atoms with Crippen LogP contribution in [0.15, 0.2) is 24.4 Å². The molecule has 1 aromatic rings. The molecule has 1 aromatic heterocycles. The second kappa shape index (κ2) is 5.99. The fourth-order valence-electron chi connectivity index (χ4n) is 3.30. The molecule has 2 heterocycles. The van der Waals surface area contributed by atoms with Crippen molar-refractivity contribution >= 4 is 11.8 Å². The molecule has 0 N–H and O–H groups in total. The number of nitrogens with zero attached hydrogens (tertiary/aromatic N) is 4. The van der Waals surface area contributed by atoms with Crippen LogP contribution in [-0.2, 0) is 16.1 Å². The minimum Gasteiger partial charge on any atom is -0.336 e. The third kappa shape index (κ3) is 2.79. The van der Waals surface area contributed by atoms with E-state index in [2.05, 4.69) is 11.1 Å². The van der Waals surface area contributed by atoms with E-state index < -0.39 is 5.54 Å². The normalized spacial score (nSPS) is 22.3. The van der Waals surface area contributed by atoms with Crippen molar-refractivity contribution in [1.82, 2.24) is 14.8 Å². The highest BCUT2D eigenvalue weighted by Crippen LogP contribution is 2.37. The van der Waals surface area contributed by atoms with Crippen LogP contribution < -0.4 is 0 Å². The van der Waals surface area contributed by atoms with Gasteiger partial charge in [-0.05, 0) is 31.4 Å². The first-order chi connectivity index (χ1) is 11.1. The molecule has 1 aliphatic carbocycles. The van der Waals surface area contributed by atoms with Gasteiger partial charge in [0, 0.05) is 26.2 Å². The molecular weight excluding hydrogens is 292 g/mol. The van der Waals surface area contributed by atoms with Gasteiger partial charge in [-0.2, -0.15) is 5.26 Å². The van der Waals surface area contributed by atoms with Crippen molar-refractivity contribution in [2.45, 2.75) is 37.8 Å². The molecule has 1 saturated carbocycles. The number of amides is 2. The van der Waals surface area contributed by atoms with Crippen molar-refractivity contribution in [1.29, 1.82) is 5.26 Å². The molecule has 1 atom stereocenters. The number of nitriles is 1. The van der Waals surface area contributed by atoms with Crippen LogP contribution in [0.5, 0.6) is 0 Å². The smallest absolute Gasteiger partial charge is 0.229 e. The maximum absolute atomic E-state index is 12.7. The van der Waals surface area contributed by atoms with Gasteiger partial charge in [0.2, 0.25) is 11.8 Å². The highest BCUT2D eigenvalue weighted by molar-refractivity contribution is 5.89. The lowest BCUT2D eigenvalue weighted by Crippen LogP contribution is -2.55. The lowest BCUT2D eigenvalue weighted by atomic mass is 9.76. The summed E-state index contributed by atoms with van der Waals surface area (Å²) in [6.45, 7) is 0.830. The van der Waals surface area contributed by atoms with Crippen LogP contribution >= 0.6 is 0 Å². The summed E-state index contributed by atoms with van der Waals surface area (Å²) in [5.74, 6) is -0.479. The molecule has 6 heteroatoms. The molecule has 6 nitrogen and oxygen atoms in total. The minimum atomic E-state index is -0.658. The molecule has 1 saturated heterocycles. The molecule has 1 aliphatic heterocycles. The second-order valence-electron chi connectivity index (χ2n) is 6.39. The van der Waals surface area contributed by atoms with Crippen LogP contribution in [-0.4, -0.2) is 45.7 Å². The molecule has 0 radical (unpaired) electrons. The first-order valence-electron chi connectivity index (χ1n) is 7.92. The number of likely N-dealkylation sites (tertiary alicyclic amines) is 1. The summed E-state index contributed by atoms with van der Waals surface area (Å²) in [6.07, 6.45) is 4.34. The summed E-state index contributed by atoms with van der Waals surface area (Å²) >= 11 is 0. The monoisotopic (exact) mass is 312 g/mol. The highest BCUT2D eigenvalue weighted by Gasteiger charge is 2.46. The lowest BCUT2D eigenvalue weighted by molar-refractivity contribution is -0.140. The zero-order chi connectivity index (χ0) is 16.4. The summed E-state index contributed by atoms with van der Waals surface area (Å²) in [6, 6.07) is 7.86. The van der Waals surface area contributed by atoms with Gasteiger partial charge in [0.1, 0.15) is 5.54 Å². The van der Waals surface area contributed by atoms with Crippen LogP contribution in [0, 0.1) is 17.2 Å². The average Bonchev–Trinajstić information content (AvgIpc) is 2.88. The molecule has 120 valence electrons. The van der Waals surface area contributed by atoms with Crippen molar-refractivity contribution < 1.29 is 9.59 Å². The van der Waals surface area contributed by atoms with Gasteiger partial charge in [-0.25, -0.2) is 0 Å². The number of hydrogen-bond donors (Lipinski definition) is 0. The van der Waals surface area contributed by atoms with Crippen molar-refractivity contribution in [3.63, 3.8) is 0 Å². The van der Waals surface area contributed by atoms with E-state index >= 15 is 0 Å². The van der Waals surface area contributed by atoms with Crippen molar-refractivity contribution in [2.24, 2.45) is 5.92 Å². The Labute approximate surface area is 135 Å².